The molecule has 1 heterocycles. The molecule has 0 radical (unpaired) electrons. The van der Waals surface area contributed by atoms with Crippen LogP contribution in [0.25, 0.3) is 0 Å². The maximum absolute atomic E-state index is 11.7. The third kappa shape index (κ3) is 2.67. The highest BCUT2D eigenvalue weighted by atomic mass is 16.8. The van der Waals surface area contributed by atoms with Crippen molar-refractivity contribution in [2.24, 2.45) is 0 Å². The van der Waals surface area contributed by atoms with Crippen molar-refractivity contribution in [2.75, 3.05) is 20.2 Å². The molecular formula is C9H18N2O3. The Kier molecular flexibility index (Phi) is 4.31. The van der Waals surface area contributed by atoms with Gasteiger partial charge in [-0.2, -0.15) is 0 Å². The average molecular weight is 202 g/mol. The minimum absolute atomic E-state index is 0.0114. The second-order valence-corrected chi connectivity index (χ2v) is 3.26. The molecule has 0 aromatic heterocycles. The molecule has 0 bridgehead atoms. The summed E-state index contributed by atoms with van der Waals surface area (Å²) in [5.74, 6) is -0.0114. The third-order valence-corrected chi connectivity index (χ3v) is 2.27. The SMILES string of the molecule is CCC1NCCN(OC(C)OC)C1=O. The second-order valence-electron chi connectivity index (χ2n) is 3.26. The van der Waals surface area contributed by atoms with Gasteiger partial charge in [-0.3, -0.25) is 4.79 Å². The monoisotopic (exact) mass is 202 g/mol. The molecule has 14 heavy (non-hydrogen) atoms. The number of nitrogens with zero attached hydrogens (tertiary/aromatic N) is 1. The van der Waals surface area contributed by atoms with E-state index in [1.807, 2.05) is 6.92 Å². The molecule has 1 aliphatic rings. The van der Waals surface area contributed by atoms with E-state index in [-0.39, 0.29) is 18.2 Å². The first-order valence-electron chi connectivity index (χ1n) is 4.93. The summed E-state index contributed by atoms with van der Waals surface area (Å²) in [6, 6.07) is -0.118. The molecule has 1 aliphatic heterocycles. The Morgan fingerprint density at radius 1 is 1.71 bits per heavy atom. The summed E-state index contributed by atoms with van der Waals surface area (Å²) in [7, 11) is 1.55. The molecule has 1 fully saturated rings. The van der Waals surface area contributed by atoms with Gasteiger partial charge in [-0.15, -0.1) is 0 Å². The van der Waals surface area contributed by atoms with Crippen molar-refractivity contribution < 1.29 is 14.4 Å². The van der Waals surface area contributed by atoms with Crippen LogP contribution in [0.1, 0.15) is 20.3 Å². The quantitative estimate of drug-likeness (QED) is 0.658. The van der Waals surface area contributed by atoms with Crippen LogP contribution in [0.2, 0.25) is 0 Å². The number of hydroxylamine groups is 2. The largest absolute Gasteiger partial charge is 0.354 e. The van der Waals surface area contributed by atoms with Crippen LogP contribution in [-0.4, -0.2) is 43.5 Å². The molecule has 0 saturated carbocycles. The van der Waals surface area contributed by atoms with E-state index in [9.17, 15) is 4.79 Å². The van der Waals surface area contributed by atoms with Crippen molar-refractivity contribution in [3.8, 4) is 0 Å². The van der Waals surface area contributed by atoms with E-state index in [0.717, 1.165) is 13.0 Å². The van der Waals surface area contributed by atoms with E-state index in [4.69, 9.17) is 9.57 Å². The van der Waals surface area contributed by atoms with Crippen LogP contribution in [-0.2, 0) is 14.4 Å². The molecule has 0 aliphatic carbocycles. The summed E-state index contributed by atoms with van der Waals surface area (Å²) in [5, 5.41) is 4.52. The fraction of sp³-hybridized carbons (Fsp3) is 0.889. The zero-order valence-corrected chi connectivity index (χ0v) is 8.95. The lowest BCUT2D eigenvalue weighted by Crippen LogP contribution is -2.55. The van der Waals surface area contributed by atoms with Crippen molar-refractivity contribution in [2.45, 2.75) is 32.6 Å². The fourth-order valence-corrected chi connectivity index (χ4v) is 1.36. The van der Waals surface area contributed by atoms with Crippen LogP contribution in [0.3, 0.4) is 0 Å². The highest BCUT2D eigenvalue weighted by molar-refractivity contribution is 5.81. The highest BCUT2D eigenvalue weighted by Gasteiger charge is 2.28. The normalized spacial score (nSPS) is 25.2. The molecule has 1 saturated heterocycles. The van der Waals surface area contributed by atoms with Gasteiger partial charge in [0.15, 0.2) is 6.29 Å². The van der Waals surface area contributed by atoms with Crippen molar-refractivity contribution in [1.29, 1.82) is 0 Å². The Morgan fingerprint density at radius 2 is 2.43 bits per heavy atom. The molecule has 1 N–H and O–H groups in total. The van der Waals surface area contributed by atoms with Gasteiger partial charge in [0.05, 0.1) is 12.6 Å². The van der Waals surface area contributed by atoms with E-state index >= 15 is 0 Å². The van der Waals surface area contributed by atoms with Crippen molar-refractivity contribution in [3.05, 3.63) is 0 Å². The standard InChI is InChI=1S/C9H18N2O3/c1-4-8-9(12)11(6-5-10-8)14-7(2)13-3/h7-8,10H,4-6H2,1-3H3. The molecule has 2 atom stereocenters. The number of nitrogens with one attached hydrogen (secondary N) is 1. The molecule has 2 unspecified atom stereocenters. The van der Waals surface area contributed by atoms with Gasteiger partial charge in [-0.1, -0.05) is 6.92 Å². The van der Waals surface area contributed by atoms with Crippen LogP contribution in [0.4, 0.5) is 0 Å². The molecule has 1 rings (SSSR count). The lowest BCUT2D eigenvalue weighted by Gasteiger charge is -2.32. The second kappa shape index (κ2) is 5.29. The highest BCUT2D eigenvalue weighted by Crippen LogP contribution is 2.07. The zero-order valence-electron chi connectivity index (χ0n) is 8.95. The Balaban J connectivity index is 2.47. The Hall–Kier alpha value is -0.650. The average Bonchev–Trinajstić information content (AvgIpc) is 2.21. The number of hydrogen-bond acceptors (Lipinski definition) is 4. The van der Waals surface area contributed by atoms with Crippen molar-refractivity contribution in [1.82, 2.24) is 10.4 Å². The Bertz CT molecular complexity index is 198. The van der Waals surface area contributed by atoms with E-state index in [0.29, 0.717) is 6.54 Å². The molecule has 1 amide bonds. The maximum atomic E-state index is 11.7. The van der Waals surface area contributed by atoms with Gasteiger partial charge in [0.2, 0.25) is 0 Å². The molecule has 5 heteroatoms. The molecular weight excluding hydrogens is 184 g/mol. The van der Waals surface area contributed by atoms with Gasteiger partial charge in [-0.05, 0) is 13.3 Å². The van der Waals surface area contributed by atoms with E-state index in [2.05, 4.69) is 5.32 Å². The first kappa shape index (κ1) is 11.4. The van der Waals surface area contributed by atoms with Crippen molar-refractivity contribution in [3.63, 3.8) is 0 Å². The number of amides is 1. The summed E-state index contributed by atoms with van der Waals surface area (Å²) in [6.45, 7) is 5.07. The Labute approximate surface area is 84.3 Å². The van der Waals surface area contributed by atoms with Gasteiger partial charge >= 0.3 is 0 Å². The third-order valence-electron chi connectivity index (χ3n) is 2.27. The number of piperazine rings is 1. The van der Waals surface area contributed by atoms with Crippen LogP contribution in [0.5, 0.6) is 0 Å². The fourth-order valence-electron chi connectivity index (χ4n) is 1.36. The predicted molar refractivity (Wildman–Crippen MR) is 51.4 cm³/mol. The number of rotatable bonds is 4. The lowest BCUT2D eigenvalue weighted by molar-refractivity contribution is -0.261. The number of carbonyl (C=O) groups is 1. The van der Waals surface area contributed by atoms with Gasteiger partial charge in [-0.25, -0.2) is 9.90 Å². The van der Waals surface area contributed by atoms with Crippen LogP contribution < -0.4 is 5.32 Å². The molecule has 82 valence electrons. The van der Waals surface area contributed by atoms with Gasteiger partial charge in [0, 0.05) is 13.7 Å². The molecule has 0 aromatic carbocycles. The zero-order chi connectivity index (χ0) is 10.6. The molecule has 0 spiro atoms. The topological polar surface area (TPSA) is 50.8 Å². The van der Waals surface area contributed by atoms with Gasteiger partial charge in [0.1, 0.15) is 0 Å². The number of hydrogen-bond donors (Lipinski definition) is 1. The van der Waals surface area contributed by atoms with Gasteiger partial charge < -0.3 is 10.1 Å². The maximum Gasteiger partial charge on any atom is 0.263 e. The number of methoxy groups -OCH3 is 1. The first-order chi connectivity index (χ1) is 6.69. The lowest BCUT2D eigenvalue weighted by atomic mass is 10.2. The van der Waals surface area contributed by atoms with E-state index in [1.54, 1.807) is 14.0 Å². The van der Waals surface area contributed by atoms with Crippen LogP contribution >= 0.6 is 0 Å². The summed E-state index contributed by atoms with van der Waals surface area (Å²) in [6.07, 6.45) is 0.398. The summed E-state index contributed by atoms with van der Waals surface area (Å²) in [4.78, 5) is 17.0. The number of carbonyl (C=O) groups excluding carboxylic acids is 1. The van der Waals surface area contributed by atoms with Crippen molar-refractivity contribution >= 4 is 5.91 Å². The van der Waals surface area contributed by atoms with Crippen LogP contribution in [0, 0.1) is 0 Å². The smallest absolute Gasteiger partial charge is 0.263 e. The summed E-state index contributed by atoms with van der Waals surface area (Å²) in [5.41, 5.74) is 0. The molecule has 5 nitrogen and oxygen atoms in total. The van der Waals surface area contributed by atoms with E-state index < -0.39 is 0 Å². The number of ether oxygens (including phenoxy) is 1. The molecule has 0 aromatic rings. The first-order valence-corrected chi connectivity index (χ1v) is 4.93. The summed E-state index contributed by atoms with van der Waals surface area (Å²) >= 11 is 0. The predicted octanol–water partition coefficient (Wildman–Crippen LogP) is 0.121. The van der Waals surface area contributed by atoms with Crippen LogP contribution in [0.15, 0.2) is 0 Å². The summed E-state index contributed by atoms with van der Waals surface area (Å²) < 4.78 is 4.93. The minimum atomic E-state index is -0.380. The minimum Gasteiger partial charge on any atom is -0.354 e. The Morgan fingerprint density at radius 3 is 3.00 bits per heavy atom. The van der Waals surface area contributed by atoms with E-state index in [1.165, 1.54) is 5.06 Å². The van der Waals surface area contributed by atoms with Gasteiger partial charge in [0.25, 0.3) is 5.91 Å².